The lowest BCUT2D eigenvalue weighted by atomic mass is 10.1. The third kappa shape index (κ3) is 6.23. The van der Waals surface area contributed by atoms with Gasteiger partial charge in [-0.25, -0.2) is 8.42 Å². The van der Waals surface area contributed by atoms with Gasteiger partial charge >= 0.3 is 0 Å². The molecule has 2 amide bonds. The van der Waals surface area contributed by atoms with Crippen LogP contribution in [0.2, 0.25) is 0 Å². The first kappa shape index (κ1) is 24.5. The van der Waals surface area contributed by atoms with Gasteiger partial charge in [0.25, 0.3) is 5.91 Å². The molecule has 0 saturated heterocycles. The van der Waals surface area contributed by atoms with Crippen molar-refractivity contribution in [3.05, 3.63) is 48.0 Å². The number of fused-ring (bicyclic) bond motifs is 1. The fourth-order valence-electron chi connectivity index (χ4n) is 3.23. The third-order valence-corrected chi connectivity index (χ3v) is 6.93. The minimum atomic E-state index is -3.95. The molecule has 2 aromatic carbocycles. The van der Waals surface area contributed by atoms with Gasteiger partial charge in [-0.2, -0.15) is 4.31 Å². The SMILES string of the molecule is CNC(=O)c1ccc(NC(=O)CN(CCC(C)C)S(=O)(=O)c2ccc3c(c2)OCCO3)cc1. The van der Waals surface area contributed by atoms with E-state index in [-0.39, 0.29) is 29.8 Å². The van der Waals surface area contributed by atoms with Crippen LogP contribution >= 0.6 is 0 Å². The molecule has 0 unspecified atom stereocenters. The number of carbonyl (C=O) groups is 2. The summed E-state index contributed by atoms with van der Waals surface area (Å²) in [6.45, 7) is 4.57. The Morgan fingerprint density at radius 2 is 1.70 bits per heavy atom. The number of amides is 2. The Bertz CT molecular complexity index is 1100. The molecule has 0 saturated carbocycles. The minimum absolute atomic E-state index is 0.0400. The van der Waals surface area contributed by atoms with Crippen molar-refractivity contribution >= 4 is 27.5 Å². The van der Waals surface area contributed by atoms with Crippen LogP contribution in [0.4, 0.5) is 5.69 Å². The smallest absolute Gasteiger partial charge is 0.251 e. The fourth-order valence-corrected chi connectivity index (χ4v) is 4.66. The van der Waals surface area contributed by atoms with Crippen molar-refractivity contribution in [1.82, 2.24) is 9.62 Å². The molecule has 0 bridgehead atoms. The Kier molecular flexibility index (Phi) is 7.93. The van der Waals surface area contributed by atoms with Gasteiger partial charge < -0.3 is 20.1 Å². The summed E-state index contributed by atoms with van der Waals surface area (Å²) < 4.78 is 38.9. The zero-order valence-electron chi connectivity index (χ0n) is 19.0. The molecule has 1 aliphatic rings. The average molecular weight is 476 g/mol. The lowest BCUT2D eigenvalue weighted by molar-refractivity contribution is -0.116. The number of hydrogen-bond donors (Lipinski definition) is 2. The summed E-state index contributed by atoms with van der Waals surface area (Å²) in [7, 11) is -2.42. The molecular weight excluding hydrogens is 446 g/mol. The molecule has 0 atom stereocenters. The van der Waals surface area contributed by atoms with Crippen molar-refractivity contribution in [2.24, 2.45) is 5.92 Å². The van der Waals surface area contributed by atoms with Crippen molar-refractivity contribution in [3.8, 4) is 11.5 Å². The van der Waals surface area contributed by atoms with E-state index in [1.165, 1.54) is 23.5 Å². The molecule has 0 aliphatic carbocycles. The van der Waals surface area contributed by atoms with Crippen LogP contribution in [0.15, 0.2) is 47.4 Å². The largest absolute Gasteiger partial charge is 0.486 e. The molecule has 33 heavy (non-hydrogen) atoms. The lowest BCUT2D eigenvalue weighted by Crippen LogP contribution is -2.39. The van der Waals surface area contributed by atoms with Gasteiger partial charge in [-0.3, -0.25) is 9.59 Å². The maximum absolute atomic E-state index is 13.4. The zero-order valence-corrected chi connectivity index (χ0v) is 19.8. The van der Waals surface area contributed by atoms with E-state index in [0.717, 1.165) is 0 Å². The maximum Gasteiger partial charge on any atom is 0.251 e. The standard InChI is InChI=1S/C23H29N3O6S/c1-16(2)10-11-26(15-22(27)25-18-6-4-17(5-7-18)23(28)24-3)33(29,30)19-8-9-20-21(14-19)32-13-12-31-20/h4-9,14,16H,10-13,15H2,1-3H3,(H,24,28)(H,25,27). The zero-order chi connectivity index (χ0) is 24.0. The van der Waals surface area contributed by atoms with Crippen LogP contribution in [0.3, 0.4) is 0 Å². The van der Waals surface area contributed by atoms with Gasteiger partial charge in [0.2, 0.25) is 15.9 Å². The second-order valence-electron chi connectivity index (χ2n) is 8.03. The highest BCUT2D eigenvalue weighted by molar-refractivity contribution is 7.89. The Balaban J connectivity index is 1.77. The van der Waals surface area contributed by atoms with E-state index in [0.29, 0.717) is 42.4 Å². The van der Waals surface area contributed by atoms with E-state index < -0.39 is 15.9 Å². The van der Waals surface area contributed by atoms with Crippen LogP contribution in [0, 0.1) is 5.92 Å². The normalized spacial score (nSPS) is 13.1. The predicted octanol–water partition coefficient (Wildman–Crippen LogP) is 2.49. The van der Waals surface area contributed by atoms with E-state index in [4.69, 9.17) is 9.47 Å². The lowest BCUT2D eigenvalue weighted by Gasteiger charge is -2.24. The first-order chi connectivity index (χ1) is 15.7. The van der Waals surface area contributed by atoms with Crippen molar-refractivity contribution in [3.63, 3.8) is 0 Å². The third-order valence-electron chi connectivity index (χ3n) is 5.09. The van der Waals surface area contributed by atoms with Gasteiger partial charge in [0.15, 0.2) is 11.5 Å². The van der Waals surface area contributed by atoms with Crippen molar-refractivity contribution in [1.29, 1.82) is 0 Å². The highest BCUT2D eigenvalue weighted by Gasteiger charge is 2.28. The monoisotopic (exact) mass is 475 g/mol. The average Bonchev–Trinajstić information content (AvgIpc) is 2.81. The number of carbonyl (C=O) groups excluding carboxylic acids is 2. The van der Waals surface area contributed by atoms with Crippen LogP contribution in [0.5, 0.6) is 11.5 Å². The summed E-state index contributed by atoms with van der Waals surface area (Å²) in [5.74, 6) is 0.396. The molecule has 0 aromatic heterocycles. The second-order valence-corrected chi connectivity index (χ2v) is 9.97. The molecule has 1 aliphatic heterocycles. The number of hydrogen-bond acceptors (Lipinski definition) is 6. The molecule has 2 N–H and O–H groups in total. The summed E-state index contributed by atoms with van der Waals surface area (Å²) in [5, 5.41) is 5.22. The number of rotatable bonds is 9. The summed E-state index contributed by atoms with van der Waals surface area (Å²) in [6.07, 6.45) is 0.595. The number of ether oxygens (including phenoxy) is 2. The first-order valence-electron chi connectivity index (χ1n) is 10.7. The highest BCUT2D eigenvalue weighted by Crippen LogP contribution is 2.33. The number of nitrogens with one attached hydrogen (secondary N) is 2. The van der Waals surface area contributed by atoms with E-state index in [2.05, 4.69) is 10.6 Å². The molecule has 3 rings (SSSR count). The quantitative estimate of drug-likeness (QED) is 0.576. The summed E-state index contributed by atoms with van der Waals surface area (Å²) in [5.41, 5.74) is 0.920. The Hall–Kier alpha value is -3.11. The van der Waals surface area contributed by atoms with Crippen LogP contribution in [-0.2, 0) is 14.8 Å². The van der Waals surface area contributed by atoms with Crippen LogP contribution in [0.1, 0.15) is 30.6 Å². The van der Waals surface area contributed by atoms with Gasteiger partial charge in [-0.1, -0.05) is 13.8 Å². The second kappa shape index (κ2) is 10.7. The van der Waals surface area contributed by atoms with Crippen LogP contribution < -0.4 is 20.1 Å². The Morgan fingerprint density at radius 3 is 2.33 bits per heavy atom. The van der Waals surface area contributed by atoms with Gasteiger partial charge in [-0.15, -0.1) is 0 Å². The number of sulfonamides is 1. The van der Waals surface area contributed by atoms with Gasteiger partial charge in [0, 0.05) is 30.9 Å². The summed E-state index contributed by atoms with van der Waals surface area (Å²) in [6, 6.07) is 10.8. The van der Waals surface area contributed by atoms with E-state index >= 15 is 0 Å². The van der Waals surface area contributed by atoms with Gasteiger partial charge in [0.05, 0.1) is 11.4 Å². The molecule has 178 valence electrons. The molecule has 0 radical (unpaired) electrons. The van der Waals surface area contributed by atoms with Crippen molar-refractivity contribution < 1.29 is 27.5 Å². The Labute approximate surface area is 194 Å². The highest BCUT2D eigenvalue weighted by atomic mass is 32.2. The molecule has 2 aromatic rings. The first-order valence-corrected chi connectivity index (χ1v) is 12.2. The molecular formula is C23H29N3O6S. The Morgan fingerprint density at radius 1 is 1.03 bits per heavy atom. The van der Waals surface area contributed by atoms with Gasteiger partial charge in [0.1, 0.15) is 13.2 Å². The molecule has 9 nitrogen and oxygen atoms in total. The molecule has 10 heteroatoms. The topological polar surface area (TPSA) is 114 Å². The number of nitrogens with zero attached hydrogens (tertiary/aromatic N) is 1. The summed E-state index contributed by atoms with van der Waals surface area (Å²) in [4.78, 5) is 24.4. The van der Waals surface area contributed by atoms with Crippen molar-refractivity contribution in [2.75, 3.05) is 38.7 Å². The van der Waals surface area contributed by atoms with E-state index in [9.17, 15) is 18.0 Å². The van der Waals surface area contributed by atoms with E-state index in [1.54, 1.807) is 30.3 Å². The predicted molar refractivity (Wildman–Crippen MR) is 124 cm³/mol. The molecule has 1 heterocycles. The number of benzene rings is 2. The van der Waals surface area contributed by atoms with Crippen LogP contribution in [0.25, 0.3) is 0 Å². The number of anilines is 1. The fraction of sp³-hybridized carbons (Fsp3) is 0.391. The minimum Gasteiger partial charge on any atom is -0.486 e. The van der Waals surface area contributed by atoms with Crippen molar-refractivity contribution in [2.45, 2.75) is 25.2 Å². The molecule has 0 spiro atoms. The van der Waals surface area contributed by atoms with Gasteiger partial charge in [-0.05, 0) is 48.7 Å². The molecule has 0 fully saturated rings. The van der Waals surface area contributed by atoms with E-state index in [1.807, 2.05) is 13.8 Å². The summed E-state index contributed by atoms with van der Waals surface area (Å²) >= 11 is 0. The maximum atomic E-state index is 13.4. The van der Waals surface area contributed by atoms with Crippen LogP contribution in [-0.4, -0.2) is 57.9 Å².